The van der Waals surface area contributed by atoms with Crippen molar-refractivity contribution in [3.63, 3.8) is 0 Å². The maximum atomic E-state index is 11.9. The number of nitrogens with zero attached hydrogens (tertiary/aromatic N) is 1. The molecule has 9 heteroatoms. The number of hydrogen-bond donors (Lipinski definition) is 3. The molecule has 0 radical (unpaired) electrons. The lowest BCUT2D eigenvalue weighted by Gasteiger charge is -2.24. The second-order valence-corrected chi connectivity index (χ2v) is 9.87. The Labute approximate surface area is 164 Å². The van der Waals surface area contributed by atoms with Crippen LogP contribution in [0.3, 0.4) is 0 Å². The zero-order valence-corrected chi connectivity index (χ0v) is 18.5. The van der Waals surface area contributed by atoms with Crippen LogP contribution < -0.4 is 16.0 Å². The van der Waals surface area contributed by atoms with Gasteiger partial charge in [-0.3, -0.25) is 4.99 Å². The highest BCUT2D eigenvalue weighted by atomic mass is 32.2. The number of carbonyl (C=O) groups excluding carboxylic acids is 1. The number of nitrogens with one attached hydrogen (secondary N) is 3. The summed E-state index contributed by atoms with van der Waals surface area (Å²) in [6, 6.07) is 0.00479. The molecule has 0 spiro atoms. The van der Waals surface area contributed by atoms with Gasteiger partial charge >= 0.3 is 6.09 Å². The van der Waals surface area contributed by atoms with E-state index in [1.54, 1.807) is 0 Å². The van der Waals surface area contributed by atoms with Crippen molar-refractivity contribution in [3.8, 4) is 0 Å². The highest BCUT2D eigenvalue weighted by Crippen LogP contribution is 2.07. The van der Waals surface area contributed by atoms with Crippen molar-refractivity contribution >= 4 is 21.9 Å². The first kappa shape index (κ1) is 25.5. The minimum absolute atomic E-state index is 0.00479. The molecule has 0 rings (SSSR count). The summed E-state index contributed by atoms with van der Waals surface area (Å²) < 4.78 is 27.7. The van der Waals surface area contributed by atoms with Gasteiger partial charge in [-0.2, -0.15) is 0 Å². The Kier molecular flexibility index (Phi) is 12.1. The van der Waals surface area contributed by atoms with Gasteiger partial charge in [0.15, 0.2) is 5.96 Å². The van der Waals surface area contributed by atoms with Crippen LogP contribution in [0.5, 0.6) is 0 Å². The Balaban J connectivity index is 4.74. The van der Waals surface area contributed by atoms with E-state index in [4.69, 9.17) is 4.74 Å². The van der Waals surface area contributed by atoms with Crippen LogP contribution in [-0.2, 0) is 14.6 Å². The van der Waals surface area contributed by atoms with E-state index in [2.05, 4.69) is 27.9 Å². The number of ether oxygens (including phenoxy) is 1. The molecule has 1 atom stereocenters. The molecule has 8 nitrogen and oxygen atoms in total. The Morgan fingerprint density at radius 3 is 2.33 bits per heavy atom. The van der Waals surface area contributed by atoms with Crippen LogP contribution >= 0.6 is 0 Å². The Hall–Kier alpha value is -1.51. The van der Waals surface area contributed by atoms with E-state index in [-0.39, 0.29) is 11.8 Å². The molecule has 0 aliphatic heterocycles. The number of sulfone groups is 1. The van der Waals surface area contributed by atoms with E-state index < -0.39 is 21.5 Å². The van der Waals surface area contributed by atoms with Crippen molar-refractivity contribution in [2.45, 2.75) is 71.9 Å². The first-order valence-corrected chi connectivity index (χ1v) is 11.7. The molecule has 3 N–H and O–H groups in total. The third kappa shape index (κ3) is 16.4. The minimum Gasteiger partial charge on any atom is -0.444 e. The molecule has 0 fully saturated rings. The summed E-state index contributed by atoms with van der Waals surface area (Å²) in [5.74, 6) is 0.744. The normalized spacial score (nSPS) is 13.8. The predicted molar refractivity (Wildman–Crippen MR) is 111 cm³/mol. The van der Waals surface area contributed by atoms with Gasteiger partial charge < -0.3 is 20.7 Å². The molecule has 1 unspecified atom stereocenters. The van der Waals surface area contributed by atoms with Crippen LogP contribution in [0.15, 0.2) is 4.99 Å². The quantitative estimate of drug-likeness (QED) is 0.275. The molecule has 0 aromatic carbocycles. The van der Waals surface area contributed by atoms with Gasteiger partial charge in [0.1, 0.15) is 15.4 Å². The molecule has 1 amide bonds. The van der Waals surface area contributed by atoms with Crippen molar-refractivity contribution in [1.29, 1.82) is 0 Å². The van der Waals surface area contributed by atoms with Crippen molar-refractivity contribution < 1.29 is 17.9 Å². The third-order valence-corrected chi connectivity index (χ3v) is 4.46. The second kappa shape index (κ2) is 12.8. The summed E-state index contributed by atoms with van der Waals surface area (Å²) in [6.45, 7) is 11.1. The standard InChI is InChI=1S/C18H38N4O4S/c1-7-9-11-15(14-21-17(23)26-18(3,4)5)22-16(19-8-2)20-12-10-13-27(6,24)25/h15H,7-14H2,1-6H3,(H,21,23)(H2,19,20,22). The molecule has 0 aromatic heterocycles. The molecule has 0 aliphatic rings. The van der Waals surface area contributed by atoms with E-state index in [9.17, 15) is 13.2 Å². The number of unbranched alkanes of at least 4 members (excludes halogenated alkanes) is 1. The van der Waals surface area contributed by atoms with Crippen LogP contribution in [0.2, 0.25) is 0 Å². The van der Waals surface area contributed by atoms with E-state index >= 15 is 0 Å². The SMILES string of the molecule is CCCCC(CNC(=O)OC(C)(C)C)NC(=NCCCS(C)(=O)=O)NCC. The van der Waals surface area contributed by atoms with Crippen LogP contribution in [0, 0.1) is 0 Å². The fourth-order valence-electron chi connectivity index (χ4n) is 2.23. The summed E-state index contributed by atoms with van der Waals surface area (Å²) in [6.07, 6.45) is 4.20. The van der Waals surface area contributed by atoms with Gasteiger partial charge in [0.2, 0.25) is 0 Å². The van der Waals surface area contributed by atoms with Gasteiger partial charge in [-0.25, -0.2) is 13.2 Å². The summed E-state index contributed by atoms with van der Waals surface area (Å²) in [4.78, 5) is 16.3. The summed E-state index contributed by atoms with van der Waals surface area (Å²) >= 11 is 0. The largest absolute Gasteiger partial charge is 0.444 e. The van der Waals surface area contributed by atoms with E-state index in [1.165, 1.54) is 6.26 Å². The van der Waals surface area contributed by atoms with Gasteiger partial charge in [-0.1, -0.05) is 19.8 Å². The first-order valence-electron chi connectivity index (χ1n) is 9.66. The molecule has 0 saturated carbocycles. The number of aliphatic imine (C=N–C) groups is 1. The number of guanidine groups is 1. The van der Waals surface area contributed by atoms with Crippen molar-refractivity contribution in [3.05, 3.63) is 0 Å². The first-order chi connectivity index (χ1) is 12.5. The molecule has 0 aliphatic carbocycles. The lowest BCUT2D eigenvalue weighted by Crippen LogP contribution is -2.49. The van der Waals surface area contributed by atoms with Crippen LogP contribution in [-0.4, -0.2) is 63.8 Å². The average Bonchev–Trinajstić information content (AvgIpc) is 2.51. The lowest BCUT2D eigenvalue weighted by atomic mass is 10.1. The van der Waals surface area contributed by atoms with Crippen molar-refractivity contribution in [2.24, 2.45) is 4.99 Å². The van der Waals surface area contributed by atoms with Gasteiger partial charge in [0.25, 0.3) is 0 Å². The maximum absolute atomic E-state index is 11.9. The monoisotopic (exact) mass is 406 g/mol. The fourth-order valence-corrected chi connectivity index (χ4v) is 2.88. The predicted octanol–water partition coefficient (Wildman–Crippen LogP) is 2.06. The summed E-state index contributed by atoms with van der Waals surface area (Å²) in [7, 11) is -2.97. The molecule has 27 heavy (non-hydrogen) atoms. The molecule has 0 saturated heterocycles. The van der Waals surface area contributed by atoms with Crippen LogP contribution in [0.1, 0.15) is 60.3 Å². The zero-order chi connectivity index (χ0) is 20.9. The third-order valence-electron chi connectivity index (χ3n) is 3.43. The Bertz CT molecular complexity index is 556. The van der Waals surface area contributed by atoms with Gasteiger partial charge in [0.05, 0.1) is 5.75 Å². The molecular weight excluding hydrogens is 368 g/mol. The number of rotatable bonds is 11. The van der Waals surface area contributed by atoms with Crippen molar-refractivity contribution in [2.75, 3.05) is 31.6 Å². The number of alkyl carbamates (subject to hydrolysis) is 1. The number of carbonyl (C=O) groups is 1. The highest BCUT2D eigenvalue weighted by Gasteiger charge is 2.18. The van der Waals surface area contributed by atoms with E-state index in [0.717, 1.165) is 19.3 Å². The van der Waals surface area contributed by atoms with Crippen LogP contribution in [0.25, 0.3) is 0 Å². The maximum Gasteiger partial charge on any atom is 0.407 e. The van der Waals surface area contributed by atoms with E-state index in [1.807, 2.05) is 27.7 Å². The zero-order valence-electron chi connectivity index (χ0n) is 17.7. The fraction of sp³-hybridized carbons (Fsp3) is 0.889. The summed E-state index contributed by atoms with van der Waals surface area (Å²) in [5, 5.41) is 9.28. The molecule has 160 valence electrons. The van der Waals surface area contributed by atoms with Gasteiger partial charge in [-0.15, -0.1) is 0 Å². The average molecular weight is 407 g/mol. The minimum atomic E-state index is -2.97. The number of amides is 1. The Morgan fingerprint density at radius 2 is 1.81 bits per heavy atom. The van der Waals surface area contributed by atoms with Crippen molar-refractivity contribution in [1.82, 2.24) is 16.0 Å². The molecule has 0 heterocycles. The summed E-state index contributed by atoms with van der Waals surface area (Å²) in [5.41, 5.74) is -0.535. The smallest absolute Gasteiger partial charge is 0.407 e. The van der Waals surface area contributed by atoms with E-state index in [0.29, 0.717) is 32.0 Å². The lowest BCUT2D eigenvalue weighted by molar-refractivity contribution is 0.0522. The molecule has 0 aromatic rings. The van der Waals surface area contributed by atoms with Gasteiger partial charge in [-0.05, 0) is 40.5 Å². The van der Waals surface area contributed by atoms with Crippen LogP contribution in [0.4, 0.5) is 4.79 Å². The van der Waals surface area contributed by atoms with Gasteiger partial charge in [0, 0.05) is 31.9 Å². The topological polar surface area (TPSA) is 109 Å². The highest BCUT2D eigenvalue weighted by molar-refractivity contribution is 7.90. The molecular formula is C18H38N4O4S. The molecule has 0 bridgehead atoms. The Morgan fingerprint density at radius 1 is 1.15 bits per heavy atom. The second-order valence-electron chi connectivity index (χ2n) is 7.61. The number of hydrogen-bond acceptors (Lipinski definition) is 5.